The van der Waals surface area contributed by atoms with Crippen molar-refractivity contribution in [2.45, 2.75) is 18.9 Å². The second-order valence-corrected chi connectivity index (χ2v) is 6.36. The van der Waals surface area contributed by atoms with Gasteiger partial charge in [0.05, 0.1) is 37.7 Å². The minimum Gasteiger partial charge on any atom is -0.492 e. The number of benzene rings is 1. The van der Waals surface area contributed by atoms with E-state index in [0.717, 1.165) is 39.3 Å². The van der Waals surface area contributed by atoms with E-state index in [9.17, 15) is 4.79 Å². The van der Waals surface area contributed by atoms with E-state index in [4.69, 9.17) is 14.2 Å². The van der Waals surface area contributed by atoms with Crippen LogP contribution in [0.2, 0.25) is 0 Å². The zero-order chi connectivity index (χ0) is 17.5. The molecule has 0 bridgehead atoms. The van der Waals surface area contributed by atoms with E-state index in [1.807, 2.05) is 31.2 Å². The van der Waals surface area contributed by atoms with E-state index in [-0.39, 0.29) is 11.6 Å². The van der Waals surface area contributed by atoms with E-state index in [2.05, 4.69) is 15.5 Å². The number of nitrogens with one attached hydrogen (secondary N) is 2. The average molecular weight is 349 g/mol. The Balaban J connectivity index is 1.59. The summed E-state index contributed by atoms with van der Waals surface area (Å²) in [4.78, 5) is 14.8. The zero-order valence-electron chi connectivity index (χ0n) is 14.8. The predicted molar refractivity (Wildman–Crippen MR) is 95.2 cm³/mol. The SMILES string of the molecule is CCOc1ccccc1NC(=O)NCC1(N2CCOCC2)CCOC1. The van der Waals surface area contributed by atoms with Crippen LogP contribution in [-0.2, 0) is 9.47 Å². The summed E-state index contributed by atoms with van der Waals surface area (Å²) in [7, 11) is 0. The van der Waals surface area contributed by atoms with Crippen molar-refractivity contribution < 1.29 is 19.0 Å². The standard InChI is InChI=1S/C18H27N3O4/c1-2-25-16-6-4-3-5-15(16)20-17(22)19-13-18(7-10-24-14-18)21-8-11-23-12-9-21/h3-6H,2,7-14H2,1H3,(H2,19,20,22). The summed E-state index contributed by atoms with van der Waals surface area (Å²) >= 11 is 0. The number of ether oxygens (including phenoxy) is 3. The smallest absolute Gasteiger partial charge is 0.319 e. The number of morpholine rings is 1. The predicted octanol–water partition coefficient (Wildman–Crippen LogP) is 1.70. The lowest BCUT2D eigenvalue weighted by Gasteiger charge is -2.42. The maximum absolute atomic E-state index is 12.4. The maximum Gasteiger partial charge on any atom is 0.319 e. The monoisotopic (exact) mass is 349 g/mol. The number of amides is 2. The molecule has 0 aliphatic carbocycles. The number of nitrogens with zero attached hydrogens (tertiary/aromatic N) is 1. The molecule has 0 saturated carbocycles. The van der Waals surface area contributed by atoms with Gasteiger partial charge in [0, 0.05) is 26.2 Å². The van der Waals surface area contributed by atoms with Crippen molar-refractivity contribution >= 4 is 11.7 Å². The highest BCUT2D eigenvalue weighted by Crippen LogP contribution is 2.27. The van der Waals surface area contributed by atoms with Crippen molar-refractivity contribution in [2.24, 2.45) is 0 Å². The van der Waals surface area contributed by atoms with Crippen LogP contribution in [0.1, 0.15) is 13.3 Å². The molecule has 2 aliphatic heterocycles. The van der Waals surface area contributed by atoms with Crippen molar-refractivity contribution in [1.29, 1.82) is 0 Å². The van der Waals surface area contributed by atoms with Crippen LogP contribution in [-0.4, -0.2) is 69.1 Å². The van der Waals surface area contributed by atoms with Gasteiger partial charge in [-0.1, -0.05) is 12.1 Å². The number of hydrogen-bond acceptors (Lipinski definition) is 5. The molecule has 1 atom stereocenters. The second-order valence-electron chi connectivity index (χ2n) is 6.36. The number of anilines is 1. The molecule has 0 spiro atoms. The Bertz CT molecular complexity index is 569. The van der Waals surface area contributed by atoms with Gasteiger partial charge in [0.1, 0.15) is 5.75 Å². The van der Waals surface area contributed by atoms with Crippen LogP contribution < -0.4 is 15.4 Å². The minimum absolute atomic E-state index is 0.138. The summed E-state index contributed by atoms with van der Waals surface area (Å²) in [6, 6.07) is 7.21. The zero-order valence-corrected chi connectivity index (χ0v) is 14.8. The quantitative estimate of drug-likeness (QED) is 0.818. The molecule has 3 rings (SSSR count). The van der Waals surface area contributed by atoms with Crippen molar-refractivity contribution in [2.75, 3.05) is 58.0 Å². The fourth-order valence-corrected chi connectivity index (χ4v) is 3.40. The Hall–Kier alpha value is -1.83. The Morgan fingerprint density at radius 2 is 2.04 bits per heavy atom. The highest BCUT2D eigenvalue weighted by atomic mass is 16.5. The van der Waals surface area contributed by atoms with Gasteiger partial charge in [0.25, 0.3) is 0 Å². The number of para-hydroxylation sites is 2. The first kappa shape index (κ1) is 18.0. The molecule has 2 heterocycles. The molecule has 25 heavy (non-hydrogen) atoms. The number of carbonyl (C=O) groups is 1. The molecule has 1 aromatic carbocycles. The molecule has 2 fully saturated rings. The summed E-state index contributed by atoms with van der Waals surface area (Å²) in [6.07, 6.45) is 0.919. The Labute approximate surface area is 148 Å². The van der Waals surface area contributed by atoms with E-state index in [0.29, 0.717) is 31.2 Å². The first-order valence-electron chi connectivity index (χ1n) is 8.91. The highest BCUT2D eigenvalue weighted by Gasteiger charge is 2.41. The maximum atomic E-state index is 12.4. The van der Waals surface area contributed by atoms with Gasteiger partial charge in [0.15, 0.2) is 0 Å². The van der Waals surface area contributed by atoms with Crippen LogP contribution in [0.3, 0.4) is 0 Å². The van der Waals surface area contributed by atoms with E-state index in [1.165, 1.54) is 0 Å². The molecule has 2 aliphatic rings. The lowest BCUT2D eigenvalue weighted by atomic mass is 9.95. The van der Waals surface area contributed by atoms with Gasteiger partial charge in [0.2, 0.25) is 0 Å². The molecule has 0 aromatic heterocycles. The van der Waals surface area contributed by atoms with Gasteiger partial charge < -0.3 is 24.8 Å². The Kier molecular flexibility index (Phi) is 6.12. The van der Waals surface area contributed by atoms with Gasteiger partial charge in [-0.25, -0.2) is 4.79 Å². The molecule has 7 nitrogen and oxygen atoms in total. The molecule has 2 saturated heterocycles. The summed E-state index contributed by atoms with van der Waals surface area (Å²) in [5.41, 5.74) is 0.533. The normalized spacial score (nSPS) is 24.0. The van der Waals surface area contributed by atoms with Crippen LogP contribution in [0, 0.1) is 0 Å². The van der Waals surface area contributed by atoms with E-state index < -0.39 is 0 Å². The summed E-state index contributed by atoms with van der Waals surface area (Å²) in [6.45, 7) is 7.61. The third-order valence-corrected chi connectivity index (χ3v) is 4.78. The lowest BCUT2D eigenvalue weighted by Crippen LogP contribution is -2.59. The topological polar surface area (TPSA) is 72.1 Å². The fraction of sp³-hybridized carbons (Fsp3) is 0.611. The van der Waals surface area contributed by atoms with Crippen molar-refractivity contribution in [3.05, 3.63) is 24.3 Å². The molecule has 0 radical (unpaired) electrons. The minimum atomic E-state index is -0.230. The molecule has 138 valence electrons. The van der Waals surface area contributed by atoms with Gasteiger partial charge >= 0.3 is 6.03 Å². The van der Waals surface area contributed by atoms with Crippen LogP contribution in [0.5, 0.6) is 5.75 Å². The van der Waals surface area contributed by atoms with Crippen molar-refractivity contribution in [3.8, 4) is 5.75 Å². The first-order valence-corrected chi connectivity index (χ1v) is 8.91. The van der Waals surface area contributed by atoms with Gasteiger partial charge in [-0.3, -0.25) is 4.90 Å². The number of hydrogen-bond donors (Lipinski definition) is 2. The van der Waals surface area contributed by atoms with Gasteiger partial charge in [-0.05, 0) is 25.5 Å². The lowest BCUT2D eigenvalue weighted by molar-refractivity contribution is -0.0245. The van der Waals surface area contributed by atoms with E-state index >= 15 is 0 Å². The first-order chi connectivity index (χ1) is 12.2. The third kappa shape index (κ3) is 4.42. The number of rotatable bonds is 6. The molecular formula is C18H27N3O4. The summed E-state index contributed by atoms with van der Waals surface area (Å²) in [5, 5.41) is 5.89. The number of urea groups is 1. The van der Waals surface area contributed by atoms with Gasteiger partial charge in [-0.15, -0.1) is 0 Å². The summed E-state index contributed by atoms with van der Waals surface area (Å²) < 4.78 is 16.6. The van der Waals surface area contributed by atoms with E-state index in [1.54, 1.807) is 0 Å². The second kappa shape index (κ2) is 8.51. The van der Waals surface area contributed by atoms with Crippen molar-refractivity contribution in [1.82, 2.24) is 10.2 Å². The van der Waals surface area contributed by atoms with Crippen LogP contribution in [0.25, 0.3) is 0 Å². The molecular weight excluding hydrogens is 322 g/mol. The third-order valence-electron chi connectivity index (χ3n) is 4.78. The fourth-order valence-electron chi connectivity index (χ4n) is 3.40. The highest BCUT2D eigenvalue weighted by molar-refractivity contribution is 5.90. The molecule has 1 unspecified atom stereocenters. The Morgan fingerprint density at radius 3 is 2.76 bits per heavy atom. The van der Waals surface area contributed by atoms with Crippen molar-refractivity contribution in [3.63, 3.8) is 0 Å². The van der Waals surface area contributed by atoms with Crippen LogP contribution >= 0.6 is 0 Å². The molecule has 2 N–H and O–H groups in total. The molecule has 2 amide bonds. The molecule has 1 aromatic rings. The number of carbonyl (C=O) groups excluding carboxylic acids is 1. The Morgan fingerprint density at radius 1 is 1.24 bits per heavy atom. The van der Waals surface area contributed by atoms with Crippen LogP contribution in [0.4, 0.5) is 10.5 Å². The van der Waals surface area contributed by atoms with Gasteiger partial charge in [-0.2, -0.15) is 0 Å². The van der Waals surface area contributed by atoms with Crippen LogP contribution in [0.15, 0.2) is 24.3 Å². The largest absolute Gasteiger partial charge is 0.492 e. The average Bonchev–Trinajstić information content (AvgIpc) is 3.13. The summed E-state index contributed by atoms with van der Waals surface area (Å²) in [5.74, 6) is 0.673. The molecule has 7 heteroatoms.